The van der Waals surface area contributed by atoms with Crippen molar-refractivity contribution in [2.45, 2.75) is 39.0 Å². The number of halogens is 2. The van der Waals surface area contributed by atoms with Crippen LogP contribution in [0.2, 0.25) is 25.7 Å². The molecule has 2 aromatic heterocycles. The molecule has 0 unspecified atom stereocenters. The van der Waals surface area contributed by atoms with Crippen molar-refractivity contribution in [1.29, 1.82) is 0 Å². The van der Waals surface area contributed by atoms with Crippen molar-refractivity contribution in [1.82, 2.24) is 14.5 Å². The van der Waals surface area contributed by atoms with Gasteiger partial charge in [-0.05, 0) is 59.5 Å². The molecule has 0 saturated carbocycles. The van der Waals surface area contributed by atoms with E-state index in [4.69, 9.17) is 4.74 Å². The minimum Gasteiger partial charge on any atom is -0.435 e. The monoisotopic (exact) mass is 536 g/mol. The van der Waals surface area contributed by atoms with Gasteiger partial charge in [-0.3, -0.25) is 9.36 Å². The van der Waals surface area contributed by atoms with Crippen LogP contribution in [0, 0.1) is 0 Å². The van der Waals surface area contributed by atoms with E-state index in [2.05, 4.69) is 39.7 Å². The predicted molar refractivity (Wildman–Crippen MR) is 150 cm³/mol. The Labute approximate surface area is 220 Å². The molecule has 4 aromatic rings. The fourth-order valence-electron chi connectivity index (χ4n) is 3.62. The number of ether oxygens (including phenoxy) is 2. The minimum absolute atomic E-state index is 0.0784. The van der Waals surface area contributed by atoms with Crippen LogP contribution in [-0.4, -0.2) is 35.8 Å². The molecule has 0 atom stereocenters. The highest BCUT2D eigenvalue weighted by Crippen LogP contribution is 2.20. The molecule has 198 valence electrons. The average molecular weight is 537 g/mol. The van der Waals surface area contributed by atoms with E-state index in [1.165, 1.54) is 12.1 Å². The summed E-state index contributed by atoms with van der Waals surface area (Å²) in [7, 11) is -1.19. The predicted octanol–water partition coefficient (Wildman–Crippen LogP) is 6.62. The lowest BCUT2D eigenvalue weighted by Gasteiger charge is -2.16. The molecule has 0 saturated heterocycles. The highest BCUT2D eigenvalue weighted by atomic mass is 28.3. The maximum Gasteiger partial charge on any atom is 0.387 e. The summed E-state index contributed by atoms with van der Waals surface area (Å²) in [6, 6.07) is 16.4. The molecule has 0 bridgehead atoms. The summed E-state index contributed by atoms with van der Waals surface area (Å²) >= 11 is 0. The van der Waals surface area contributed by atoms with Crippen LogP contribution in [-0.2, 0) is 11.5 Å². The summed E-state index contributed by atoms with van der Waals surface area (Å²) in [6.07, 6.45) is 7.21. The van der Waals surface area contributed by atoms with Gasteiger partial charge in [0, 0.05) is 44.4 Å². The highest BCUT2D eigenvalue weighted by Gasteiger charge is 2.12. The topological polar surface area (TPSA) is 78.3 Å². The summed E-state index contributed by atoms with van der Waals surface area (Å²) in [4.78, 5) is 21.1. The van der Waals surface area contributed by atoms with Crippen molar-refractivity contribution in [2.75, 3.05) is 11.9 Å². The first kappa shape index (κ1) is 27.1. The van der Waals surface area contributed by atoms with Crippen molar-refractivity contribution < 1.29 is 18.3 Å². The van der Waals surface area contributed by atoms with E-state index in [-0.39, 0.29) is 18.0 Å². The lowest BCUT2D eigenvalue weighted by atomic mass is 10.1. The number of pyridine rings is 1. The standard InChI is InChI=1S/C28H30F2N4O3Si/c1-38(2,3)15-14-36-19-34-25-12-6-20(16-22(25)7-13-26(34)35)4-5-21-17-31-28(32-18-21)33-23-8-10-24(11-9-23)37-27(29)30/h4-13,16-18,27H,14-15,19H2,1-3H3,(H,31,32,33)/b5-4+. The number of fused-ring (bicyclic) bond motifs is 1. The van der Waals surface area contributed by atoms with E-state index in [0.717, 1.165) is 28.1 Å². The molecule has 0 amide bonds. The third kappa shape index (κ3) is 7.80. The van der Waals surface area contributed by atoms with Gasteiger partial charge >= 0.3 is 6.61 Å². The zero-order valence-corrected chi connectivity index (χ0v) is 22.5. The molecular weight excluding hydrogens is 506 g/mol. The number of benzene rings is 2. The molecule has 10 heteroatoms. The SMILES string of the molecule is C[Si](C)(C)CCOCn1c(=O)ccc2cc(/C=C/c3cnc(Nc4ccc(OC(F)F)cc4)nc3)ccc21. The van der Waals surface area contributed by atoms with Gasteiger partial charge < -0.3 is 14.8 Å². The third-order valence-electron chi connectivity index (χ3n) is 5.71. The van der Waals surface area contributed by atoms with Crippen LogP contribution in [0.3, 0.4) is 0 Å². The van der Waals surface area contributed by atoms with Crippen LogP contribution in [0.4, 0.5) is 20.4 Å². The molecule has 38 heavy (non-hydrogen) atoms. The number of hydrogen-bond acceptors (Lipinski definition) is 6. The fourth-order valence-corrected chi connectivity index (χ4v) is 4.38. The number of rotatable bonds is 11. The quantitative estimate of drug-likeness (QED) is 0.171. The van der Waals surface area contributed by atoms with Gasteiger partial charge in [-0.25, -0.2) is 9.97 Å². The van der Waals surface area contributed by atoms with Crippen molar-refractivity contribution in [3.63, 3.8) is 0 Å². The highest BCUT2D eigenvalue weighted by molar-refractivity contribution is 6.76. The normalized spacial score (nSPS) is 11.9. The van der Waals surface area contributed by atoms with Crippen LogP contribution in [0.1, 0.15) is 11.1 Å². The maximum atomic E-state index is 12.4. The number of aromatic nitrogens is 3. The van der Waals surface area contributed by atoms with Crippen molar-refractivity contribution in [3.8, 4) is 5.75 Å². The van der Waals surface area contributed by atoms with Crippen LogP contribution in [0.15, 0.2) is 71.8 Å². The molecular formula is C28H30F2N4O3Si. The van der Waals surface area contributed by atoms with Gasteiger partial charge in [0.1, 0.15) is 12.5 Å². The summed E-state index contributed by atoms with van der Waals surface area (Å²) in [5.74, 6) is 0.454. The fraction of sp³-hybridized carbons (Fsp3) is 0.250. The van der Waals surface area contributed by atoms with Gasteiger partial charge in [0.25, 0.3) is 5.56 Å². The Morgan fingerprint density at radius 2 is 1.68 bits per heavy atom. The Morgan fingerprint density at radius 3 is 2.37 bits per heavy atom. The molecule has 7 nitrogen and oxygen atoms in total. The van der Waals surface area contributed by atoms with Crippen LogP contribution in [0.5, 0.6) is 5.75 Å². The van der Waals surface area contributed by atoms with Gasteiger partial charge in [-0.1, -0.05) is 37.9 Å². The number of hydrogen-bond donors (Lipinski definition) is 1. The lowest BCUT2D eigenvalue weighted by molar-refractivity contribution is -0.0498. The number of alkyl halides is 2. The molecule has 0 radical (unpaired) electrons. The summed E-state index contributed by atoms with van der Waals surface area (Å²) in [6.45, 7) is 4.92. The van der Waals surface area contributed by atoms with E-state index in [0.29, 0.717) is 18.2 Å². The largest absolute Gasteiger partial charge is 0.435 e. The van der Waals surface area contributed by atoms with Gasteiger partial charge in [0.05, 0.1) is 5.52 Å². The number of nitrogens with zero attached hydrogens (tertiary/aromatic N) is 3. The second-order valence-corrected chi connectivity index (χ2v) is 15.6. The van der Waals surface area contributed by atoms with E-state index < -0.39 is 14.7 Å². The average Bonchev–Trinajstić information content (AvgIpc) is 2.87. The lowest BCUT2D eigenvalue weighted by Crippen LogP contribution is -2.24. The van der Waals surface area contributed by atoms with E-state index >= 15 is 0 Å². The smallest absolute Gasteiger partial charge is 0.387 e. The molecule has 4 rings (SSSR count). The molecule has 2 heterocycles. The van der Waals surface area contributed by atoms with Gasteiger partial charge in [-0.2, -0.15) is 8.78 Å². The third-order valence-corrected chi connectivity index (χ3v) is 7.41. The maximum absolute atomic E-state index is 12.4. The van der Waals surface area contributed by atoms with E-state index in [9.17, 15) is 13.6 Å². The second-order valence-electron chi connectivity index (χ2n) is 9.97. The Bertz CT molecular complexity index is 1450. The Balaban J connectivity index is 1.39. The zero-order valence-electron chi connectivity index (χ0n) is 21.5. The van der Waals surface area contributed by atoms with Gasteiger partial charge in [0.15, 0.2) is 0 Å². The molecule has 0 aliphatic heterocycles. The van der Waals surface area contributed by atoms with Crippen LogP contribution in [0.25, 0.3) is 23.1 Å². The van der Waals surface area contributed by atoms with Crippen molar-refractivity contribution >= 4 is 42.8 Å². The van der Waals surface area contributed by atoms with Crippen molar-refractivity contribution in [3.05, 3.63) is 88.5 Å². The molecule has 0 aliphatic rings. The van der Waals surface area contributed by atoms with Crippen LogP contribution < -0.4 is 15.6 Å². The molecule has 1 N–H and O–H groups in total. The Kier molecular flexibility index (Phi) is 8.65. The zero-order chi connectivity index (χ0) is 27.1. The molecule has 2 aromatic carbocycles. The van der Waals surface area contributed by atoms with E-state index in [1.54, 1.807) is 35.2 Å². The molecule has 0 aliphatic carbocycles. The second kappa shape index (κ2) is 12.1. The first-order valence-electron chi connectivity index (χ1n) is 12.2. The Hall–Kier alpha value is -3.89. The summed E-state index contributed by atoms with van der Waals surface area (Å²) < 4.78 is 36.4. The molecule has 0 spiro atoms. The summed E-state index contributed by atoms with van der Waals surface area (Å²) in [5, 5.41) is 3.96. The molecule has 0 fully saturated rings. The first-order chi connectivity index (χ1) is 18.2. The summed E-state index contributed by atoms with van der Waals surface area (Å²) in [5.41, 5.74) is 3.16. The minimum atomic E-state index is -2.86. The van der Waals surface area contributed by atoms with Crippen molar-refractivity contribution in [2.24, 2.45) is 0 Å². The van der Waals surface area contributed by atoms with E-state index in [1.807, 2.05) is 36.4 Å². The number of nitrogens with one attached hydrogen (secondary N) is 1. The van der Waals surface area contributed by atoms with Crippen LogP contribution >= 0.6 is 0 Å². The number of anilines is 2. The van der Waals surface area contributed by atoms with Gasteiger partial charge in [-0.15, -0.1) is 0 Å². The Morgan fingerprint density at radius 1 is 0.974 bits per heavy atom. The van der Waals surface area contributed by atoms with Gasteiger partial charge in [0.2, 0.25) is 5.95 Å². The first-order valence-corrected chi connectivity index (χ1v) is 15.9.